The quantitative estimate of drug-likeness (QED) is 0.141. The predicted molar refractivity (Wildman–Crippen MR) is 229 cm³/mol. The monoisotopic (exact) mass is 809 g/mol. The average molecular weight is 810 g/mol. The van der Waals surface area contributed by atoms with Gasteiger partial charge in [0.2, 0.25) is 5.91 Å². The van der Waals surface area contributed by atoms with Crippen molar-refractivity contribution in [2.75, 3.05) is 0 Å². The van der Waals surface area contributed by atoms with Gasteiger partial charge in [-0.15, -0.1) is 0 Å². The second-order valence-electron chi connectivity index (χ2n) is 18.3. The van der Waals surface area contributed by atoms with Crippen LogP contribution in [-0.2, 0) is 33.8 Å². The molecule has 5 heterocycles. The first kappa shape index (κ1) is 41.1. The molecule has 3 aliphatic carbocycles. The molecule has 10 heteroatoms. The molecule has 10 nitrogen and oxygen atoms in total. The number of Topliss-reactive ketones (excluding diaryl/α,β-unsaturated/α-hetero) is 2. The van der Waals surface area contributed by atoms with Gasteiger partial charge in [-0.2, -0.15) is 0 Å². The van der Waals surface area contributed by atoms with E-state index >= 15 is 4.79 Å². The molecule has 1 N–H and O–H groups in total. The minimum Gasteiger partial charge on any atom is -0.506 e. The number of aromatic hydroxyl groups is 1. The first-order valence-electron chi connectivity index (χ1n) is 21.0. The molecule has 4 bridgehead atoms. The van der Waals surface area contributed by atoms with E-state index in [4.69, 9.17) is 14.2 Å². The van der Waals surface area contributed by atoms with Gasteiger partial charge in [0.1, 0.15) is 28.4 Å². The van der Waals surface area contributed by atoms with Gasteiger partial charge in [0.05, 0.1) is 11.2 Å². The van der Waals surface area contributed by atoms with Crippen LogP contribution in [0.15, 0.2) is 102 Å². The fraction of sp³-hybridized carbons (Fsp3) is 0.420. The molecule has 0 radical (unpaired) electrons. The van der Waals surface area contributed by atoms with Crippen molar-refractivity contribution in [3.8, 4) is 17.2 Å². The van der Waals surface area contributed by atoms with Crippen molar-refractivity contribution in [1.82, 2.24) is 14.9 Å². The van der Waals surface area contributed by atoms with Gasteiger partial charge in [0.25, 0.3) is 0 Å². The lowest BCUT2D eigenvalue weighted by Gasteiger charge is -2.56. The molecule has 1 aromatic carbocycles. The summed E-state index contributed by atoms with van der Waals surface area (Å²) in [5, 5.41) is 12.1. The molecule has 5 atom stereocenters. The van der Waals surface area contributed by atoms with Crippen LogP contribution in [0, 0.1) is 11.8 Å². The zero-order chi connectivity index (χ0) is 42.8. The molecule has 60 heavy (non-hydrogen) atoms. The van der Waals surface area contributed by atoms with Crippen molar-refractivity contribution in [1.29, 1.82) is 0 Å². The Kier molecular flexibility index (Phi) is 10.4. The van der Waals surface area contributed by atoms with E-state index in [0.29, 0.717) is 60.4 Å². The number of ketones is 2. The Hall–Kier alpha value is -5.61. The van der Waals surface area contributed by atoms with Crippen molar-refractivity contribution < 1.29 is 33.7 Å². The summed E-state index contributed by atoms with van der Waals surface area (Å²) in [6, 6.07) is 7.53. The maximum Gasteiger partial charge on any atom is 0.249 e. The second kappa shape index (κ2) is 15.1. The van der Waals surface area contributed by atoms with Gasteiger partial charge in [0.15, 0.2) is 22.8 Å². The maximum absolute atomic E-state index is 15.2. The number of aromatic nitrogens is 2. The molecule has 312 valence electrons. The number of ether oxygens (including phenoxy) is 3. The number of carbonyl (C=O) groups is 3. The predicted octanol–water partition coefficient (Wildman–Crippen LogP) is 9.17. The van der Waals surface area contributed by atoms with Crippen LogP contribution < -0.4 is 9.47 Å². The molecule has 6 aliphatic rings. The number of allylic oxidation sites excluding steroid dienone is 5. The van der Waals surface area contributed by atoms with E-state index in [1.807, 2.05) is 71.0 Å². The van der Waals surface area contributed by atoms with Crippen LogP contribution >= 0.6 is 0 Å². The third kappa shape index (κ3) is 6.73. The number of carbonyl (C=O) groups excluding carboxylic acids is 3. The third-order valence-electron chi connectivity index (χ3n) is 13.0. The summed E-state index contributed by atoms with van der Waals surface area (Å²) in [4.78, 5) is 54.8. The molecular formula is C50H55N3O7. The van der Waals surface area contributed by atoms with Gasteiger partial charge in [-0.05, 0) is 116 Å². The Labute approximate surface area is 352 Å². The molecule has 2 fully saturated rings. The van der Waals surface area contributed by atoms with Crippen LogP contribution in [0.5, 0.6) is 17.2 Å². The normalized spacial score (nSPS) is 26.5. The Morgan fingerprint density at radius 2 is 1.58 bits per heavy atom. The zero-order valence-electron chi connectivity index (χ0n) is 35.9. The number of rotatable bonds is 12. The first-order chi connectivity index (χ1) is 28.5. The number of phenols is 1. The highest BCUT2D eigenvalue weighted by molar-refractivity contribution is 6.19. The lowest BCUT2D eigenvalue weighted by Crippen LogP contribution is -2.72. The fourth-order valence-corrected chi connectivity index (χ4v) is 10.0. The third-order valence-corrected chi connectivity index (χ3v) is 13.0. The summed E-state index contributed by atoms with van der Waals surface area (Å²) in [6.45, 7) is 16.4. The number of fused-ring (bicyclic) bond motifs is 2. The molecule has 1 saturated carbocycles. The van der Waals surface area contributed by atoms with Gasteiger partial charge in [-0.1, -0.05) is 47.6 Å². The molecule has 3 aromatic rings. The Balaban J connectivity index is 1.23. The van der Waals surface area contributed by atoms with Crippen molar-refractivity contribution in [2.45, 2.75) is 123 Å². The summed E-state index contributed by atoms with van der Waals surface area (Å²) >= 11 is 0. The molecule has 3 aliphatic heterocycles. The van der Waals surface area contributed by atoms with Crippen LogP contribution in [0.25, 0.3) is 6.08 Å². The number of amides is 1. The van der Waals surface area contributed by atoms with Crippen molar-refractivity contribution >= 4 is 23.5 Å². The highest BCUT2D eigenvalue weighted by atomic mass is 16.6. The van der Waals surface area contributed by atoms with Gasteiger partial charge in [-0.25, -0.2) is 0 Å². The number of hydrogen-bond donors (Lipinski definition) is 1. The molecule has 1 spiro atoms. The zero-order valence-corrected chi connectivity index (χ0v) is 35.9. The van der Waals surface area contributed by atoms with E-state index in [9.17, 15) is 14.7 Å². The van der Waals surface area contributed by atoms with Crippen molar-refractivity contribution in [3.05, 3.63) is 130 Å². The minimum atomic E-state index is -1.64. The minimum absolute atomic E-state index is 0.00465. The number of hydrogen-bond acceptors (Lipinski definition) is 9. The maximum atomic E-state index is 15.2. The summed E-state index contributed by atoms with van der Waals surface area (Å²) < 4.78 is 21.3. The Morgan fingerprint density at radius 1 is 0.917 bits per heavy atom. The molecule has 2 aromatic heterocycles. The largest absolute Gasteiger partial charge is 0.506 e. The lowest BCUT2D eigenvalue weighted by atomic mass is 9.51. The molecule has 1 amide bonds. The van der Waals surface area contributed by atoms with Crippen molar-refractivity contribution in [3.63, 3.8) is 0 Å². The first-order valence-corrected chi connectivity index (χ1v) is 21.0. The van der Waals surface area contributed by atoms with E-state index in [0.717, 1.165) is 23.1 Å². The average Bonchev–Trinajstić information content (AvgIpc) is 3.36. The number of benzene rings is 1. The van der Waals surface area contributed by atoms with Gasteiger partial charge in [0, 0.05) is 72.8 Å². The smallest absolute Gasteiger partial charge is 0.249 e. The molecular weight excluding hydrogens is 755 g/mol. The van der Waals surface area contributed by atoms with Crippen molar-refractivity contribution in [2.24, 2.45) is 11.8 Å². The molecule has 5 unspecified atom stereocenters. The van der Waals surface area contributed by atoms with E-state index in [2.05, 4.69) is 36.0 Å². The van der Waals surface area contributed by atoms with Crippen LogP contribution in [0.3, 0.4) is 0 Å². The SMILES string of the molecule is CC(C)=CCCC1(C)C=Cc2c(O)c3c(c(CC=C(C)C)c2O1)OC12C(=CC4CC1C(C)(C)OC2(CC=C(C)C(=O)N(Cc1cccnc1)Cc1cccnc1)C4=O)C3=O. The molecule has 1 saturated heterocycles. The van der Waals surface area contributed by atoms with Gasteiger partial charge >= 0.3 is 0 Å². The van der Waals surface area contributed by atoms with Gasteiger partial charge < -0.3 is 24.2 Å². The van der Waals surface area contributed by atoms with Gasteiger partial charge in [-0.3, -0.25) is 24.4 Å². The summed E-state index contributed by atoms with van der Waals surface area (Å²) in [5.74, 6) is -1.31. The summed E-state index contributed by atoms with van der Waals surface area (Å²) in [6.07, 6.45) is 20.7. The standard InChI is InChI=1S/C50H55N3O7/c1-30(2)12-9-19-48(8)20-18-36-41(54)40-42(55)38-24-35-25-39-47(6,7)60-49(45(35)56,50(38,39)59-44(40)37(43(36)58-48)16-15-31(3)4)21-17-32(5)46(57)53(28-33-13-10-22-51-26-33)29-34-14-11-23-52-27-34/h10-15,17-18,20,22-24,26-27,35,39,54H,9,16,19,21,25,28-29H2,1-8H3. The van der Waals surface area contributed by atoms with Crippen LogP contribution in [0.2, 0.25) is 0 Å². The highest BCUT2D eigenvalue weighted by Crippen LogP contribution is 2.68. The van der Waals surface area contributed by atoms with Crippen LogP contribution in [0.1, 0.15) is 114 Å². The highest BCUT2D eigenvalue weighted by Gasteiger charge is 2.81. The summed E-state index contributed by atoms with van der Waals surface area (Å²) in [7, 11) is 0. The van der Waals surface area contributed by atoms with E-state index in [-0.39, 0.29) is 41.0 Å². The number of phenolic OH excluding ortho intramolecular Hbond substituents is 1. The topological polar surface area (TPSA) is 128 Å². The lowest BCUT2D eigenvalue weighted by molar-refractivity contribution is -0.171. The summed E-state index contributed by atoms with van der Waals surface area (Å²) in [5.41, 5.74) is 1.14. The van der Waals surface area contributed by atoms with Crippen LogP contribution in [0.4, 0.5) is 0 Å². The number of pyridine rings is 2. The Morgan fingerprint density at radius 3 is 2.20 bits per heavy atom. The Bertz CT molecular complexity index is 2380. The fourth-order valence-electron chi connectivity index (χ4n) is 10.0. The van der Waals surface area contributed by atoms with E-state index in [1.165, 1.54) is 5.57 Å². The van der Waals surface area contributed by atoms with Crippen LogP contribution in [-0.4, -0.2) is 59.9 Å². The number of nitrogens with zero attached hydrogens (tertiary/aromatic N) is 3. The van der Waals surface area contributed by atoms with E-state index < -0.39 is 34.2 Å². The molecule has 9 rings (SSSR count). The van der Waals surface area contributed by atoms with E-state index in [1.54, 1.807) is 48.8 Å². The second-order valence-corrected chi connectivity index (χ2v) is 18.3.